The maximum atomic E-state index is 13.5. The number of carbonyl (C=O) groups is 2. The van der Waals surface area contributed by atoms with Gasteiger partial charge in [0.1, 0.15) is 5.82 Å². The molecule has 2 aliphatic rings. The van der Waals surface area contributed by atoms with Crippen molar-refractivity contribution in [3.63, 3.8) is 0 Å². The Balaban J connectivity index is 0.00000261. The van der Waals surface area contributed by atoms with Crippen LogP contribution in [-0.2, 0) is 9.59 Å². The van der Waals surface area contributed by atoms with Crippen LogP contribution in [0.5, 0.6) is 0 Å². The van der Waals surface area contributed by atoms with Gasteiger partial charge in [0.2, 0.25) is 11.8 Å². The molecular weight excluding hydrogens is 369 g/mol. The number of amides is 2. The fourth-order valence-corrected chi connectivity index (χ4v) is 4.01. The van der Waals surface area contributed by atoms with E-state index >= 15 is 0 Å². The van der Waals surface area contributed by atoms with Gasteiger partial charge in [-0.1, -0.05) is 37.8 Å². The van der Waals surface area contributed by atoms with Gasteiger partial charge in [-0.15, -0.1) is 12.4 Å². The first-order chi connectivity index (χ1) is 12.6. The van der Waals surface area contributed by atoms with Crippen molar-refractivity contribution in [3.8, 4) is 0 Å². The summed E-state index contributed by atoms with van der Waals surface area (Å²) in [5, 5.41) is 6.01. The number of hydrogen-bond acceptors (Lipinski definition) is 3. The van der Waals surface area contributed by atoms with Crippen molar-refractivity contribution < 1.29 is 14.0 Å². The quantitative estimate of drug-likeness (QED) is 0.775. The fourth-order valence-electron chi connectivity index (χ4n) is 4.01. The van der Waals surface area contributed by atoms with Gasteiger partial charge in [-0.2, -0.15) is 0 Å². The zero-order valence-corrected chi connectivity index (χ0v) is 16.4. The largest absolute Gasteiger partial charge is 0.347 e. The average Bonchev–Trinajstić information content (AvgIpc) is 3.18. The van der Waals surface area contributed by atoms with E-state index in [1.165, 1.54) is 37.8 Å². The third-order valence-electron chi connectivity index (χ3n) is 5.49. The average molecular weight is 398 g/mol. The zero-order valence-electron chi connectivity index (χ0n) is 15.6. The predicted molar refractivity (Wildman–Crippen MR) is 105 cm³/mol. The van der Waals surface area contributed by atoms with E-state index in [2.05, 4.69) is 10.6 Å². The summed E-state index contributed by atoms with van der Waals surface area (Å²) >= 11 is 0. The molecule has 2 N–H and O–H groups in total. The minimum Gasteiger partial charge on any atom is -0.347 e. The number of nitrogens with zero attached hydrogens (tertiary/aromatic N) is 1. The van der Waals surface area contributed by atoms with E-state index in [9.17, 15) is 14.0 Å². The zero-order chi connectivity index (χ0) is 18.4. The molecule has 0 radical (unpaired) electrons. The molecular formula is C20H29ClFN3O2. The third-order valence-corrected chi connectivity index (χ3v) is 5.49. The van der Waals surface area contributed by atoms with Crippen LogP contribution in [0.1, 0.15) is 50.1 Å². The van der Waals surface area contributed by atoms with Gasteiger partial charge in [0.05, 0.1) is 12.6 Å². The minimum atomic E-state index is -0.305. The first kappa shape index (κ1) is 21.6. The molecule has 1 unspecified atom stereocenters. The lowest BCUT2D eigenvalue weighted by atomic mass is 10.0. The molecule has 1 saturated heterocycles. The molecule has 1 atom stereocenters. The number of benzene rings is 1. The van der Waals surface area contributed by atoms with E-state index in [-0.39, 0.29) is 42.6 Å². The minimum absolute atomic E-state index is 0. The molecule has 1 saturated carbocycles. The lowest BCUT2D eigenvalue weighted by Crippen LogP contribution is -2.51. The third kappa shape index (κ3) is 6.18. The molecule has 0 bridgehead atoms. The topological polar surface area (TPSA) is 61.4 Å². The number of hydrogen-bond donors (Lipinski definition) is 2. The van der Waals surface area contributed by atoms with Crippen molar-refractivity contribution in [1.82, 2.24) is 15.5 Å². The predicted octanol–water partition coefficient (Wildman–Crippen LogP) is 2.81. The standard InChI is InChI=1S/C20H28FN3O2.ClH/c21-17-7-3-6-16(12-17)18-13-22-10-11-24(18)20(26)14-23-19(25)9-8-15-4-1-2-5-15;/h3,6-7,12,15,18,22H,1-2,4-5,8-11,13-14H2,(H,23,25);1H. The Morgan fingerprint density at radius 1 is 1.26 bits per heavy atom. The molecule has 150 valence electrons. The summed E-state index contributed by atoms with van der Waals surface area (Å²) in [5.41, 5.74) is 0.776. The Labute approximate surface area is 166 Å². The molecule has 1 aromatic rings. The van der Waals surface area contributed by atoms with E-state index in [0.29, 0.717) is 32.0 Å². The van der Waals surface area contributed by atoms with E-state index < -0.39 is 0 Å². The summed E-state index contributed by atoms with van der Waals surface area (Å²) in [5.74, 6) is 0.195. The van der Waals surface area contributed by atoms with E-state index in [4.69, 9.17) is 0 Å². The highest BCUT2D eigenvalue weighted by atomic mass is 35.5. The number of piperazine rings is 1. The van der Waals surface area contributed by atoms with Crippen LogP contribution in [0, 0.1) is 11.7 Å². The normalized spacial score (nSPS) is 20.2. The van der Waals surface area contributed by atoms with Crippen LogP contribution in [0.25, 0.3) is 0 Å². The summed E-state index contributed by atoms with van der Waals surface area (Å²) in [6, 6.07) is 6.16. The smallest absolute Gasteiger partial charge is 0.242 e. The molecule has 2 amide bonds. The van der Waals surface area contributed by atoms with E-state index in [1.807, 2.05) is 6.07 Å². The van der Waals surface area contributed by atoms with Gasteiger partial charge in [0, 0.05) is 26.1 Å². The van der Waals surface area contributed by atoms with Gasteiger partial charge in [0.25, 0.3) is 0 Å². The Kier molecular flexibility index (Phi) is 8.51. The second-order valence-electron chi connectivity index (χ2n) is 7.33. The van der Waals surface area contributed by atoms with Gasteiger partial charge in [-0.05, 0) is 30.0 Å². The van der Waals surface area contributed by atoms with Crippen LogP contribution in [0.4, 0.5) is 4.39 Å². The molecule has 2 fully saturated rings. The van der Waals surface area contributed by atoms with Crippen molar-refractivity contribution in [2.75, 3.05) is 26.2 Å². The lowest BCUT2D eigenvalue weighted by molar-refractivity contribution is -0.135. The number of rotatable bonds is 6. The maximum Gasteiger partial charge on any atom is 0.242 e. The van der Waals surface area contributed by atoms with Gasteiger partial charge in [-0.3, -0.25) is 9.59 Å². The van der Waals surface area contributed by atoms with Crippen LogP contribution >= 0.6 is 12.4 Å². The van der Waals surface area contributed by atoms with Gasteiger partial charge < -0.3 is 15.5 Å². The molecule has 3 rings (SSSR count). The van der Waals surface area contributed by atoms with Crippen molar-refractivity contribution in [2.24, 2.45) is 5.92 Å². The second-order valence-corrected chi connectivity index (χ2v) is 7.33. The number of halogens is 2. The molecule has 1 aromatic carbocycles. The van der Waals surface area contributed by atoms with Crippen molar-refractivity contribution in [1.29, 1.82) is 0 Å². The van der Waals surface area contributed by atoms with Crippen molar-refractivity contribution in [3.05, 3.63) is 35.6 Å². The molecule has 0 spiro atoms. The van der Waals surface area contributed by atoms with Crippen molar-refractivity contribution in [2.45, 2.75) is 44.6 Å². The van der Waals surface area contributed by atoms with Crippen LogP contribution in [0.3, 0.4) is 0 Å². The Hall–Kier alpha value is -1.66. The number of carbonyl (C=O) groups excluding carboxylic acids is 2. The highest BCUT2D eigenvalue weighted by Crippen LogP contribution is 2.28. The highest BCUT2D eigenvalue weighted by Gasteiger charge is 2.28. The molecule has 7 heteroatoms. The molecule has 1 heterocycles. The molecule has 27 heavy (non-hydrogen) atoms. The summed E-state index contributed by atoms with van der Waals surface area (Å²) in [6.45, 7) is 1.85. The van der Waals surface area contributed by atoms with Gasteiger partial charge in [0.15, 0.2) is 0 Å². The lowest BCUT2D eigenvalue weighted by Gasteiger charge is -2.36. The van der Waals surface area contributed by atoms with Gasteiger partial charge >= 0.3 is 0 Å². The Morgan fingerprint density at radius 3 is 2.78 bits per heavy atom. The molecule has 5 nitrogen and oxygen atoms in total. The van der Waals surface area contributed by atoms with Crippen LogP contribution in [-0.4, -0.2) is 42.9 Å². The van der Waals surface area contributed by atoms with Crippen LogP contribution < -0.4 is 10.6 Å². The van der Waals surface area contributed by atoms with Crippen LogP contribution in [0.2, 0.25) is 0 Å². The first-order valence-electron chi connectivity index (χ1n) is 9.66. The summed E-state index contributed by atoms with van der Waals surface area (Å²) < 4.78 is 13.5. The first-order valence-corrected chi connectivity index (χ1v) is 9.66. The summed E-state index contributed by atoms with van der Waals surface area (Å²) in [7, 11) is 0. The fraction of sp³-hybridized carbons (Fsp3) is 0.600. The molecule has 1 aliphatic heterocycles. The molecule has 0 aromatic heterocycles. The van der Waals surface area contributed by atoms with Gasteiger partial charge in [-0.25, -0.2) is 4.39 Å². The summed E-state index contributed by atoms with van der Waals surface area (Å²) in [6.07, 6.45) is 6.40. The SMILES string of the molecule is Cl.O=C(CCC1CCCC1)NCC(=O)N1CCNCC1c1cccc(F)c1. The highest BCUT2D eigenvalue weighted by molar-refractivity contribution is 5.85. The molecule has 1 aliphatic carbocycles. The summed E-state index contributed by atoms with van der Waals surface area (Å²) in [4.78, 5) is 26.4. The maximum absolute atomic E-state index is 13.5. The monoisotopic (exact) mass is 397 g/mol. The number of nitrogens with one attached hydrogen (secondary N) is 2. The van der Waals surface area contributed by atoms with Crippen molar-refractivity contribution >= 4 is 24.2 Å². The Bertz CT molecular complexity index is 637. The van der Waals surface area contributed by atoms with E-state index in [0.717, 1.165) is 12.0 Å². The second kappa shape index (κ2) is 10.6. The van der Waals surface area contributed by atoms with E-state index in [1.54, 1.807) is 11.0 Å². The van der Waals surface area contributed by atoms with Crippen LogP contribution in [0.15, 0.2) is 24.3 Å². The Morgan fingerprint density at radius 2 is 2.04 bits per heavy atom.